The van der Waals surface area contributed by atoms with Crippen LogP contribution in [0.4, 0.5) is 5.69 Å². The number of rotatable bonds is 3. The molecule has 1 aliphatic rings. The van der Waals surface area contributed by atoms with Crippen molar-refractivity contribution >= 4 is 16.7 Å². The van der Waals surface area contributed by atoms with E-state index in [4.69, 9.17) is 4.74 Å². The van der Waals surface area contributed by atoms with Crippen LogP contribution in [0, 0.1) is 6.92 Å². The zero-order valence-corrected chi connectivity index (χ0v) is 11.5. The van der Waals surface area contributed by atoms with Gasteiger partial charge in [0.15, 0.2) is 5.65 Å². The Morgan fingerprint density at radius 2 is 2.16 bits per heavy atom. The predicted octanol–water partition coefficient (Wildman–Crippen LogP) is 2.35. The summed E-state index contributed by atoms with van der Waals surface area (Å²) in [6.07, 6.45) is 5.97. The Morgan fingerprint density at radius 3 is 2.89 bits per heavy atom. The van der Waals surface area contributed by atoms with E-state index in [0.29, 0.717) is 6.04 Å². The predicted molar refractivity (Wildman–Crippen MR) is 75.4 cm³/mol. The van der Waals surface area contributed by atoms with Gasteiger partial charge in [0, 0.05) is 32.0 Å². The molecular formula is C14H20N4O. The van der Waals surface area contributed by atoms with Crippen LogP contribution >= 0.6 is 0 Å². The summed E-state index contributed by atoms with van der Waals surface area (Å²) in [6.45, 7) is 6.71. The maximum Gasteiger partial charge on any atom is 0.159 e. The Morgan fingerprint density at radius 1 is 1.37 bits per heavy atom. The van der Waals surface area contributed by atoms with E-state index in [2.05, 4.69) is 29.2 Å². The fourth-order valence-electron chi connectivity index (χ4n) is 2.60. The Balaban J connectivity index is 1.96. The summed E-state index contributed by atoms with van der Waals surface area (Å²) < 4.78 is 7.34. The lowest BCUT2D eigenvalue weighted by atomic mass is 10.1. The van der Waals surface area contributed by atoms with Crippen LogP contribution in [0.15, 0.2) is 12.4 Å². The summed E-state index contributed by atoms with van der Waals surface area (Å²) in [5.41, 5.74) is 3.31. The fourth-order valence-corrected chi connectivity index (χ4v) is 2.60. The number of hydrogen-bond acceptors (Lipinski definition) is 4. The lowest BCUT2D eigenvalue weighted by Gasteiger charge is -2.25. The largest absolute Gasteiger partial charge is 0.381 e. The van der Waals surface area contributed by atoms with Gasteiger partial charge in [-0.15, -0.1) is 0 Å². The molecule has 0 bridgehead atoms. The monoisotopic (exact) mass is 260 g/mol. The third-order valence-electron chi connectivity index (χ3n) is 3.73. The highest BCUT2D eigenvalue weighted by molar-refractivity contribution is 5.90. The topological polar surface area (TPSA) is 52.0 Å². The number of ether oxygens (including phenoxy) is 1. The van der Waals surface area contributed by atoms with Crippen molar-refractivity contribution in [1.82, 2.24) is 14.8 Å². The van der Waals surface area contributed by atoms with E-state index < -0.39 is 0 Å². The molecule has 19 heavy (non-hydrogen) atoms. The van der Waals surface area contributed by atoms with Crippen molar-refractivity contribution in [1.29, 1.82) is 0 Å². The molecule has 1 saturated heterocycles. The molecule has 5 heteroatoms. The molecule has 0 spiro atoms. The first-order valence-electron chi connectivity index (χ1n) is 6.95. The van der Waals surface area contributed by atoms with Crippen LogP contribution in [0.5, 0.6) is 0 Å². The van der Waals surface area contributed by atoms with Crippen LogP contribution in [0.3, 0.4) is 0 Å². The highest BCUT2D eigenvalue weighted by Crippen LogP contribution is 2.27. The molecule has 1 fully saturated rings. The fraction of sp³-hybridized carbons (Fsp3) is 0.571. The molecule has 1 aliphatic heterocycles. The van der Waals surface area contributed by atoms with Gasteiger partial charge in [-0.05, 0) is 32.3 Å². The Labute approximate surface area is 113 Å². The molecule has 0 unspecified atom stereocenters. The smallest absolute Gasteiger partial charge is 0.159 e. The zero-order valence-electron chi connectivity index (χ0n) is 11.5. The summed E-state index contributed by atoms with van der Waals surface area (Å²) in [5, 5.41) is 9.17. The summed E-state index contributed by atoms with van der Waals surface area (Å²) in [6, 6.07) is 0.489. The minimum Gasteiger partial charge on any atom is -0.381 e. The summed E-state index contributed by atoms with van der Waals surface area (Å²) >= 11 is 0. The molecule has 0 aromatic carbocycles. The Kier molecular flexibility index (Phi) is 3.38. The van der Waals surface area contributed by atoms with Crippen LogP contribution < -0.4 is 5.32 Å². The van der Waals surface area contributed by atoms with Crippen LogP contribution in [0.25, 0.3) is 11.0 Å². The molecule has 0 saturated carbocycles. The molecule has 0 amide bonds. The second-order valence-electron chi connectivity index (χ2n) is 5.04. The van der Waals surface area contributed by atoms with Gasteiger partial charge in [0.2, 0.25) is 0 Å². The number of nitrogens with one attached hydrogen (secondary N) is 1. The molecule has 3 rings (SSSR count). The molecule has 0 radical (unpaired) electrons. The van der Waals surface area contributed by atoms with Crippen LogP contribution in [-0.2, 0) is 11.3 Å². The summed E-state index contributed by atoms with van der Waals surface area (Å²) in [7, 11) is 0. The zero-order chi connectivity index (χ0) is 13.2. The minimum atomic E-state index is 0.489. The van der Waals surface area contributed by atoms with Crippen LogP contribution in [-0.4, -0.2) is 34.0 Å². The van der Waals surface area contributed by atoms with E-state index >= 15 is 0 Å². The van der Waals surface area contributed by atoms with Crippen molar-refractivity contribution in [3.63, 3.8) is 0 Å². The Bertz CT molecular complexity index is 572. The van der Waals surface area contributed by atoms with Gasteiger partial charge in [0.25, 0.3) is 0 Å². The first kappa shape index (κ1) is 12.4. The first-order valence-corrected chi connectivity index (χ1v) is 6.95. The van der Waals surface area contributed by atoms with Crippen molar-refractivity contribution < 1.29 is 4.74 Å². The molecule has 5 nitrogen and oxygen atoms in total. The van der Waals surface area contributed by atoms with E-state index in [1.807, 2.05) is 17.1 Å². The molecule has 2 aromatic rings. The molecule has 0 aliphatic carbocycles. The highest BCUT2D eigenvalue weighted by atomic mass is 16.5. The molecule has 0 atom stereocenters. The quantitative estimate of drug-likeness (QED) is 0.920. The van der Waals surface area contributed by atoms with Crippen molar-refractivity contribution in [3.8, 4) is 0 Å². The Hall–Kier alpha value is -1.62. The number of aromatic nitrogens is 3. The summed E-state index contributed by atoms with van der Waals surface area (Å²) in [4.78, 5) is 4.50. The average Bonchev–Trinajstić information content (AvgIpc) is 2.86. The molecule has 1 N–H and O–H groups in total. The van der Waals surface area contributed by atoms with Gasteiger partial charge in [0.05, 0.1) is 17.3 Å². The van der Waals surface area contributed by atoms with Crippen LogP contribution in [0.1, 0.15) is 25.3 Å². The lowest BCUT2D eigenvalue weighted by Crippen LogP contribution is -2.28. The third-order valence-corrected chi connectivity index (χ3v) is 3.73. The van der Waals surface area contributed by atoms with Gasteiger partial charge in [-0.25, -0.2) is 9.67 Å². The SMILES string of the molecule is CCn1ncc2c(NC3CCOCC3)c(C)cnc21. The lowest BCUT2D eigenvalue weighted by molar-refractivity contribution is 0.0904. The molecule has 2 aromatic heterocycles. The molecule has 102 valence electrons. The van der Waals surface area contributed by atoms with Gasteiger partial charge in [-0.3, -0.25) is 0 Å². The number of nitrogens with zero attached hydrogens (tertiary/aromatic N) is 3. The first-order chi connectivity index (χ1) is 9.29. The molecule has 3 heterocycles. The van der Waals surface area contributed by atoms with Gasteiger partial charge < -0.3 is 10.1 Å². The summed E-state index contributed by atoms with van der Waals surface area (Å²) in [5.74, 6) is 0. The minimum absolute atomic E-state index is 0.489. The number of anilines is 1. The second-order valence-corrected chi connectivity index (χ2v) is 5.04. The van der Waals surface area contributed by atoms with E-state index in [0.717, 1.165) is 43.6 Å². The van der Waals surface area contributed by atoms with Crippen molar-refractivity contribution in [2.24, 2.45) is 0 Å². The average molecular weight is 260 g/mol. The number of fused-ring (bicyclic) bond motifs is 1. The third kappa shape index (κ3) is 2.30. The van der Waals surface area contributed by atoms with E-state index in [1.165, 1.54) is 11.3 Å². The van der Waals surface area contributed by atoms with Crippen LogP contribution in [0.2, 0.25) is 0 Å². The second kappa shape index (κ2) is 5.17. The van der Waals surface area contributed by atoms with E-state index in [1.54, 1.807) is 0 Å². The van der Waals surface area contributed by atoms with Gasteiger partial charge >= 0.3 is 0 Å². The van der Waals surface area contributed by atoms with E-state index in [-0.39, 0.29) is 0 Å². The molecular weight excluding hydrogens is 240 g/mol. The maximum atomic E-state index is 5.41. The van der Waals surface area contributed by atoms with Crippen molar-refractivity contribution in [3.05, 3.63) is 18.0 Å². The van der Waals surface area contributed by atoms with Gasteiger partial charge in [0.1, 0.15) is 0 Å². The normalized spacial score (nSPS) is 16.9. The number of hydrogen-bond donors (Lipinski definition) is 1. The van der Waals surface area contributed by atoms with E-state index in [9.17, 15) is 0 Å². The van der Waals surface area contributed by atoms with Crippen molar-refractivity contribution in [2.45, 2.75) is 39.3 Å². The van der Waals surface area contributed by atoms with Gasteiger partial charge in [-0.2, -0.15) is 5.10 Å². The maximum absolute atomic E-state index is 5.41. The van der Waals surface area contributed by atoms with Gasteiger partial charge in [-0.1, -0.05) is 0 Å². The van der Waals surface area contributed by atoms with Crippen molar-refractivity contribution in [2.75, 3.05) is 18.5 Å². The number of pyridine rings is 1. The number of aryl methyl sites for hydroxylation is 2. The standard InChI is InChI=1S/C14H20N4O/c1-3-18-14-12(9-16-18)13(10(2)8-15-14)17-11-4-6-19-7-5-11/h8-9,11H,3-7H2,1-2H3,(H,15,17). The highest BCUT2D eigenvalue weighted by Gasteiger charge is 2.17.